The number of nitrogens with zero attached hydrogens (tertiary/aromatic N) is 1. The van der Waals surface area contributed by atoms with Crippen molar-refractivity contribution in [3.8, 4) is 0 Å². The molecule has 0 amide bonds. The molecule has 74 valence electrons. The van der Waals surface area contributed by atoms with Gasteiger partial charge in [-0.15, -0.1) is 11.3 Å². The van der Waals surface area contributed by atoms with Crippen LogP contribution in [-0.2, 0) is 0 Å². The standard InChI is InChI=1S/C10H18N2S/c1-7(2)11-5-8(3)10-12-6-9(4)13-10/h6-8,11H,5H2,1-4H3. The van der Waals surface area contributed by atoms with Gasteiger partial charge in [-0.05, 0) is 6.92 Å². The molecule has 1 heterocycles. The van der Waals surface area contributed by atoms with E-state index in [1.807, 2.05) is 6.20 Å². The van der Waals surface area contributed by atoms with E-state index < -0.39 is 0 Å². The second kappa shape index (κ2) is 4.72. The Morgan fingerprint density at radius 3 is 2.62 bits per heavy atom. The van der Waals surface area contributed by atoms with Crippen molar-refractivity contribution in [3.63, 3.8) is 0 Å². The maximum atomic E-state index is 4.37. The molecule has 1 aromatic rings. The average Bonchev–Trinajstić information content (AvgIpc) is 2.47. The van der Waals surface area contributed by atoms with E-state index in [9.17, 15) is 0 Å². The fraction of sp³-hybridized carbons (Fsp3) is 0.700. The summed E-state index contributed by atoms with van der Waals surface area (Å²) in [4.78, 5) is 5.67. The van der Waals surface area contributed by atoms with Crippen molar-refractivity contribution in [2.75, 3.05) is 6.54 Å². The predicted octanol–water partition coefficient (Wildman–Crippen LogP) is 2.55. The smallest absolute Gasteiger partial charge is 0.0968 e. The lowest BCUT2D eigenvalue weighted by Gasteiger charge is -2.12. The molecule has 2 nitrogen and oxygen atoms in total. The number of aryl methyl sites for hydroxylation is 1. The molecule has 0 radical (unpaired) electrons. The van der Waals surface area contributed by atoms with Gasteiger partial charge in [0.15, 0.2) is 0 Å². The molecule has 1 N–H and O–H groups in total. The van der Waals surface area contributed by atoms with Gasteiger partial charge in [0, 0.05) is 29.6 Å². The molecule has 1 atom stereocenters. The highest BCUT2D eigenvalue weighted by atomic mass is 32.1. The summed E-state index contributed by atoms with van der Waals surface area (Å²) >= 11 is 1.80. The van der Waals surface area contributed by atoms with Gasteiger partial charge in [0.25, 0.3) is 0 Å². The number of aromatic nitrogens is 1. The van der Waals surface area contributed by atoms with Crippen LogP contribution in [-0.4, -0.2) is 17.6 Å². The molecule has 1 unspecified atom stereocenters. The van der Waals surface area contributed by atoms with E-state index in [4.69, 9.17) is 0 Å². The third-order valence-corrected chi connectivity index (χ3v) is 3.04. The van der Waals surface area contributed by atoms with Crippen LogP contribution in [0.4, 0.5) is 0 Å². The lowest BCUT2D eigenvalue weighted by atomic mass is 10.2. The zero-order valence-electron chi connectivity index (χ0n) is 8.79. The number of rotatable bonds is 4. The predicted molar refractivity (Wildman–Crippen MR) is 58.4 cm³/mol. The lowest BCUT2D eigenvalue weighted by Crippen LogP contribution is -2.26. The fourth-order valence-electron chi connectivity index (χ4n) is 1.10. The minimum absolute atomic E-state index is 0.529. The first-order valence-corrected chi connectivity index (χ1v) is 5.57. The van der Waals surface area contributed by atoms with Gasteiger partial charge < -0.3 is 5.32 Å². The van der Waals surface area contributed by atoms with Crippen molar-refractivity contribution < 1.29 is 0 Å². The second-order valence-electron chi connectivity index (χ2n) is 3.77. The van der Waals surface area contributed by atoms with E-state index in [-0.39, 0.29) is 0 Å². The summed E-state index contributed by atoms with van der Waals surface area (Å²) in [5, 5.41) is 4.66. The molecule has 0 saturated heterocycles. The van der Waals surface area contributed by atoms with E-state index in [0.717, 1.165) is 6.54 Å². The summed E-state index contributed by atoms with van der Waals surface area (Å²) in [6.45, 7) is 9.67. The van der Waals surface area contributed by atoms with Crippen LogP contribution in [0.25, 0.3) is 0 Å². The molecule has 0 aliphatic heterocycles. The van der Waals surface area contributed by atoms with E-state index in [1.54, 1.807) is 11.3 Å². The van der Waals surface area contributed by atoms with E-state index in [2.05, 4.69) is 38.0 Å². The van der Waals surface area contributed by atoms with Crippen LogP contribution in [0, 0.1) is 6.92 Å². The Bertz CT molecular complexity index is 255. The average molecular weight is 198 g/mol. The molecule has 0 saturated carbocycles. The van der Waals surface area contributed by atoms with Crippen LogP contribution in [0.15, 0.2) is 6.20 Å². The molecular formula is C10H18N2S. The Kier molecular flexibility index (Phi) is 3.88. The molecule has 0 fully saturated rings. The SMILES string of the molecule is Cc1cnc(C(C)CNC(C)C)s1. The zero-order chi connectivity index (χ0) is 9.84. The minimum Gasteiger partial charge on any atom is -0.314 e. The summed E-state index contributed by atoms with van der Waals surface area (Å²) in [6, 6.07) is 0.559. The number of nitrogens with one attached hydrogen (secondary N) is 1. The maximum absolute atomic E-state index is 4.37. The van der Waals surface area contributed by atoms with Crippen molar-refractivity contribution in [2.24, 2.45) is 0 Å². The summed E-state index contributed by atoms with van der Waals surface area (Å²) in [5.74, 6) is 0.529. The van der Waals surface area contributed by atoms with Gasteiger partial charge in [-0.2, -0.15) is 0 Å². The van der Waals surface area contributed by atoms with Crippen molar-refractivity contribution in [3.05, 3.63) is 16.1 Å². The van der Waals surface area contributed by atoms with Crippen LogP contribution >= 0.6 is 11.3 Å². The summed E-state index contributed by atoms with van der Waals surface area (Å²) in [7, 11) is 0. The zero-order valence-corrected chi connectivity index (χ0v) is 9.61. The Morgan fingerprint density at radius 2 is 2.15 bits per heavy atom. The van der Waals surface area contributed by atoms with E-state index in [1.165, 1.54) is 9.88 Å². The highest BCUT2D eigenvalue weighted by Crippen LogP contribution is 2.20. The van der Waals surface area contributed by atoms with Gasteiger partial charge >= 0.3 is 0 Å². The molecule has 0 spiro atoms. The largest absolute Gasteiger partial charge is 0.314 e. The third kappa shape index (κ3) is 3.44. The monoisotopic (exact) mass is 198 g/mol. The number of thiazole rings is 1. The molecule has 0 aliphatic rings. The first-order chi connectivity index (χ1) is 6.09. The van der Waals surface area contributed by atoms with Gasteiger partial charge in [0.05, 0.1) is 5.01 Å². The molecule has 0 aromatic carbocycles. The topological polar surface area (TPSA) is 24.9 Å². The molecule has 1 rings (SSSR count). The molecular weight excluding hydrogens is 180 g/mol. The first-order valence-electron chi connectivity index (χ1n) is 4.75. The van der Waals surface area contributed by atoms with Crippen molar-refractivity contribution in [1.29, 1.82) is 0 Å². The quantitative estimate of drug-likeness (QED) is 0.804. The Hall–Kier alpha value is -0.410. The summed E-state index contributed by atoms with van der Waals surface area (Å²) < 4.78 is 0. The van der Waals surface area contributed by atoms with Crippen LogP contribution in [0.5, 0.6) is 0 Å². The van der Waals surface area contributed by atoms with E-state index >= 15 is 0 Å². The minimum atomic E-state index is 0.529. The lowest BCUT2D eigenvalue weighted by molar-refractivity contribution is 0.547. The van der Waals surface area contributed by atoms with Crippen molar-refractivity contribution in [1.82, 2.24) is 10.3 Å². The normalized spacial score (nSPS) is 13.6. The van der Waals surface area contributed by atoms with Gasteiger partial charge in [-0.25, -0.2) is 4.98 Å². The summed E-state index contributed by atoms with van der Waals surface area (Å²) in [6.07, 6.45) is 1.95. The highest BCUT2D eigenvalue weighted by Gasteiger charge is 2.09. The first kappa shape index (κ1) is 10.7. The fourth-order valence-corrected chi connectivity index (χ4v) is 1.93. The molecule has 13 heavy (non-hydrogen) atoms. The van der Waals surface area contributed by atoms with Gasteiger partial charge in [-0.1, -0.05) is 20.8 Å². The van der Waals surface area contributed by atoms with Crippen LogP contribution in [0.1, 0.15) is 36.6 Å². The Labute approximate surface area is 84.4 Å². The van der Waals surface area contributed by atoms with E-state index in [0.29, 0.717) is 12.0 Å². The maximum Gasteiger partial charge on any atom is 0.0968 e. The van der Waals surface area contributed by atoms with Crippen molar-refractivity contribution >= 4 is 11.3 Å². The third-order valence-electron chi connectivity index (χ3n) is 1.89. The highest BCUT2D eigenvalue weighted by molar-refractivity contribution is 7.11. The number of hydrogen-bond donors (Lipinski definition) is 1. The van der Waals surface area contributed by atoms with Crippen molar-refractivity contribution in [2.45, 2.75) is 39.7 Å². The van der Waals surface area contributed by atoms with Crippen LogP contribution < -0.4 is 5.32 Å². The summed E-state index contributed by atoms with van der Waals surface area (Å²) in [5.41, 5.74) is 0. The number of hydrogen-bond acceptors (Lipinski definition) is 3. The van der Waals surface area contributed by atoms with Crippen LogP contribution in [0.2, 0.25) is 0 Å². The van der Waals surface area contributed by atoms with Gasteiger partial charge in [0.1, 0.15) is 0 Å². The Balaban J connectivity index is 2.44. The molecule has 0 aliphatic carbocycles. The van der Waals surface area contributed by atoms with Crippen LogP contribution in [0.3, 0.4) is 0 Å². The molecule has 3 heteroatoms. The van der Waals surface area contributed by atoms with Gasteiger partial charge in [0.2, 0.25) is 0 Å². The van der Waals surface area contributed by atoms with Gasteiger partial charge in [-0.3, -0.25) is 0 Å². The Morgan fingerprint density at radius 1 is 1.46 bits per heavy atom. The molecule has 1 aromatic heterocycles. The molecule has 0 bridgehead atoms. The second-order valence-corrected chi connectivity index (χ2v) is 5.04.